The lowest BCUT2D eigenvalue weighted by Crippen LogP contribution is -2.35. The maximum absolute atomic E-state index is 5.90. The van der Waals surface area contributed by atoms with Crippen molar-refractivity contribution in [2.45, 2.75) is 31.8 Å². The molecule has 1 aliphatic heterocycles. The van der Waals surface area contributed by atoms with E-state index in [-0.39, 0.29) is 5.60 Å². The Morgan fingerprint density at radius 3 is 3.09 bits per heavy atom. The predicted molar refractivity (Wildman–Crippen MR) is 90.3 cm³/mol. The molecule has 1 unspecified atom stereocenters. The topological polar surface area (TPSA) is 72.3 Å². The van der Waals surface area contributed by atoms with Crippen molar-refractivity contribution in [3.05, 3.63) is 41.1 Å². The molecule has 0 saturated carbocycles. The third-order valence-electron chi connectivity index (χ3n) is 4.29. The number of fused-ring (bicyclic) bond motifs is 2. The van der Waals surface area contributed by atoms with Gasteiger partial charge in [-0.2, -0.15) is 0 Å². The maximum atomic E-state index is 5.90. The molecule has 0 fully saturated rings. The van der Waals surface area contributed by atoms with E-state index < -0.39 is 0 Å². The Morgan fingerprint density at radius 1 is 1.50 bits per heavy atom. The van der Waals surface area contributed by atoms with E-state index in [4.69, 9.17) is 10.5 Å². The second-order valence-corrected chi connectivity index (χ2v) is 5.74. The van der Waals surface area contributed by atoms with Gasteiger partial charge in [0.2, 0.25) is 0 Å². The molecule has 0 amide bonds. The smallest absolute Gasteiger partial charge is 0.283 e. The van der Waals surface area contributed by atoms with Crippen LogP contribution in [0.1, 0.15) is 36.5 Å². The number of aryl methyl sites for hydroxylation is 1. The molecular formula is C17H20N4O. The van der Waals surface area contributed by atoms with Crippen molar-refractivity contribution in [2.75, 3.05) is 6.54 Å². The molecule has 1 heterocycles. The number of ether oxygens (including phenoxy) is 1. The monoisotopic (exact) mass is 296 g/mol. The van der Waals surface area contributed by atoms with Gasteiger partial charge in [0, 0.05) is 11.8 Å². The van der Waals surface area contributed by atoms with Crippen molar-refractivity contribution in [2.24, 2.45) is 20.7 Å². The average Bonchev–Trinajstić information content (AvgIpc) is 2.89. The summed E-state index contributed by atoms with van der Waals surface area (Å²) >= 11 is 0. The van der Waals surface area contributed by atoms with Gasteiger partial charge in [-0.3, -0.25) is 4.99 Å². The van der Waals surface area contributed by atoms with Gasteiger partial charge in [0.15, 0.2) is 5.60 Å². The highest BCUT2D eigenvalue weighted by Crippen LogP contribution is 2.42. The Balaban J connectivity index is 1.98. The van der Waals surface area contributed by atoms with E-state index in [9.17, 15) is 0 Å². The summed E-state index contributed by atoms with van der Waals surface area (Å²) < 4.78 is 5.90. The third-order valence-corrected chi connectivity index (χ3v) is 4.29. The Labute approximate surface area is 130 Å². The first-order chi connectivity index (χ1) is 10.6. The maximum Gasteiger partial charge on any atom is 0.283 e. The van der Waals surface area contributed by atoms with Gasteiger partial charge in [-0.25, -0.2) is 9.98 Å². The molecule has 1 aromatic rings. The van der Waals surface area contributed by atoms with E-state index in [2.05, 4.69) is 39.9 Å². The zero-order valence-electron chi connectivity index (χ0n) is 12.7. The van der Waals surface area contributed by atoms with Crippen LogP contribution in [0, 0.1) is 0 Å². The molecule has 114 valence electrons. The fourth-order valence-corrected chi connectivity index (χ4v) is 3.17. The fraction of sp³-hybridized carbons (Fsp3) is 0.353. The lowest BCUT2D eigenvalue weighted by molar-refractivity contribution is 0.0638. The lowest BCUT2D eigenvalue weighted by atomic mass is 9.78. The molecular weight excluding hydrogens is 276 g/mol. The van der Waals surface area contributed by atoms with Gasteiger partial charge in [-0.1, -0.05) is 12.1 Å². The summed E-state index contributed by atoms with van der Waals surface area (Å²) in [5.74, 6) is 0. The number of amidine groups is 1. The van der Waals surface area contributed by atoms with Gasteiger partial charge in [0.05, 0.1) is 6.54 Å². The number of hydrogen-bond donors (Lipinski definition) is 1. The molecule has 22 heavy (non-hydrogen) atoms. The van der Waals surface area contributed by atoms with Crippen LogP contribution in [0.25, 0.3) is 5.57 Å². The highest BCUT2D eigenvalue weighted by atomic mass is 16.5. The zero-order valence-corrected chi connectivity index (χ0v) is 12.7. The molecule has 0 aromatic heterocycles. The summed E-state index contributed by atoms with van der Waals surface area (Å²) in [5.41, 5.74) is 10.1. The first kappa shape index (κ1) is 14.5. The number of hydrogen-bond acceptors (Lipinski definition) is 4. The van der Waals surface area contributed by atoms with Crippen LogP contribution < -0.4 is 5.73 Å². The molecule has 2 aliphatic rings. The molecule has 1 aliphatic carbocycles. The number of nitrogens with zero attached hydrogens (tertiary/aromatic N) is 3. The minimum absolute atomic E-state index is 0.298. The SMILES string of the molecule is C=NC=NC=C(C)c1ccc2c(c1)C1(CCC2)CN=C(N)O1. The number of allylic oxidation sites excluding steroid dienone is 1. The van der Waals surface area contributed by atoms with Crippen molar-refractivity contribution in [1.82, 2.24) is 0 Å². The second-order valence-electron chi connectivity index (χ2n) is 5.74. The van der Waals surface area contributed by atoms with Crippen LogP contribution in [0.3, 0.4) is 0 Å². The van der Waals surface area contributed by atoms with Crippen molar-refractivity contribution < 1.29 is 4.74 Å². The summed E-state index contributed by atoms with van der Waals surface area (Å²) in [4.78, 5) is 12.0. The molecule has 5 heteroatoms. The third kappa shape index (κ3) is 2.54. The van der Waals surface area contributed by atoms with E-state index >= 15 is 0 Å². The van der Waals surface area contributed by atoms with Gasteiger partial charge >= 0.3 is 0 Å². The Morgan fingerprint density at radius 2 is 2.36 bits per heavy atom. The summed E-state index contributed by atoms with van der Waals surface area (Å²) in [7, 11) is 0. The van der Waals surface area contributed by atoms with Gasteiger partial charge < -0.3 is 10.5 Å². The molecule has 0 bridgehead atoms. The van der Waals surface area contributed by atoms with E-state index in [1.807, 2.05) is 6.92 Å². The Bertz CT molecular complexity index is 690. The number of nitrogens with two attached hydrogens (primary N) is 1. The highest BCUT2D eigenvalue weighted by molar-refractivity contribution is 5.75. The van der Waals surface area contributed by atoms with E-state index in [0.717, 1.165) is 30.4 Å². The summed E-state index contributed by atoms with van der Waals surface area (Å²) in [6.07, 6.45) is 6.33. The number of rotatable bonds is 3. The number of aliphatic imine (C=N–C) groups is 3. The zero-order chi connectivity index (χ0) is 15.6. The molecule has 5 nitrogen and oxygen atoms in total. The molecule has 1 atom stereocenters. The standard InChI is InChI=1S/C17H20N4O/c1-12(9-20-11-19-2)14-6-5-13-4-3-7-17(15(13)8-14)10-21-16(18)22-17/h5-6,8-9,11H,2-4,7,10H2,1H3,(H2,18,21). The van der Waals surface area contributed by atoms with Gasteiger partial charge in [0.1, 0.15) is 6.34 Å². The van der Waals surface area contributed by atoms with Crippen LogP contribution in [0.15, 0.2) is 39.4 Å². The van der Waals surface area contributed by atoms with Gasteiger partial charge in [-0.05, 0) is 55.7 Å². The minimum Gasteiger partial charge on any atom is -0.452 e. The van der Waals surface area contributed by atoms with Crippen LogP contribution in [-0.2, 0) is 16.8 Å². The van der Waals surface area contributed by atoms with Crippen molar-refractivity contribution in [3.63, 3.8) is 0 Å². The van der Waals surface area contributed by atoms with Gasteiger partial charge in [0.25, 0.3) is 6.02 Å². The van der Waals surface area contributed by atoms with E-state index in [1.165, 1.54) is 17.5 Å². The molecule has 0 saturated heterocycles. The minimum atomic E-state index is -0.375. The normalized spacial score (nSPS) is 24.2. The molecule has 1 aromatic carbocycles. The van der Waals surface area contributed by atoms with Crippen LogP contribution in [0.2, 0.25) is 0 Å². The van der Waals surface area contributed by atoms with Crippen LogP contribution >= 0.6 is 0 Å². The summed E-state index contributed by atoms with van der Waals surface area (Å²) in [6.45, 7) is 6.01. The van der Waals surface area contributed by atoms with Gasteiger partial charge in [-0.15, -0.1) is 0 Å². The quantitative estimate of drug-likeness (QED) is 0.688. The van der Waals surface area contributed by atoms with E-state index in [1.54, 1.807) is 6.20 Å². The molecule has 0 radical (unpaired) electrons. The average molecular weight is 296 g/mol. The van der Waals surface area contributed by atoms with Crippen LogP contribution in [-0.4, -0.2) is 25.6 Å². The first-order valence-electron chi connectivity index (χ1n) is 7.41. The summed E-state index contributed by atoms with van der Waals surface area (Å²) in [6, 6.07) is 6.79. The fourth-order valence-electron chi connectivity index (χ4n) is 3.17. The van der Waals surface area contributed by atoms with Crippen molar-refractivity contribution in [3.8, 4) is 0 Å². The first-order valence-corrected chi connectivity index (χ1v) is 7.41. The molecule has 2 N–H and O–H groups in total. The molecule has 1 spiro atoms. The van der Waals surface area contributed by atoms with E-state index in [0.29, 0.717) is 12.6 Å². The second kappa shape index (κ2) is 5.75. The van der Waals surface area contributed by atoms with Crippen molar-refractivity contribution >= 4 is 24.7 Å². The van der Waals surface area contributed by atoms with Crippen LogP contribution in [0.4, 0.5) is 0 Å². The Hall–Kier alpha value is -2.43. The Kier molecular flexibility index (Phi) is 3.79. The van der Waals surface area contributed by atoms with Crippen LogP contribution in [0.5, 0.6) is 0 Å². The molecule has 3 rings (SSSR count). The van der Waals surface area contributed by atoms with Crippen molar-refractivity contribution in [1.29, 1.82) is 0 Å². The highest BCUT2D eigenvalue weighted by Gasteiger charge is 2.42. The lowest BCUT2D eigenvalue weighted by Gasteiger charge is -2.34. The largest absolute Gasteiger partial charge is 0.452 e. The summed E-state index contributed by atoms with van der Waals surface area (Å²) in [5, 5.41) is 0. The predicted octanol–water partition coefficient (Wildman–Crippen LogP) is 2.65. The number of benzene rings is 1.